The summed E-state index contributed by atoms with van der Waals surface area (Å²) in [6, 6.07) is 9.06. The van der Waals surface area contributed by atoms with E-state index in [9.17, 15) is 4.39 Å². The first-order valence-electron chi connectivity index (χ1n) is 8.85. The van der Waals surface area contributed by atoms with E-state index in [1.54, 1.807) is 12.3 Å². The molecule has 0 bridgehead atoms. The molecule has 0 atom stereocenters. The van der Waals surface area contributed by atoms with Crippen LogP contribution < -0.4 is 4.90 Å². The van der Waals surface area contributed by atoms with Crippen LogP contribution in [0.3, 0.4) is 0 Å². The number of pyridine rings is 1. The molecule has 3 aromatic rings. The van der Waals surface area contributed by atoms with Crippen molar-refractivity contribution < 1.29 is 4.39 Å². The molecule has 0 saturated carbocycles. The Hall–Kier alpha value is -2.82. The van der Waals surface area contributed by atoms with Gasteiger partial charge >= 0.3 is 0 Å². The number of halogens is 1. The standard InChI is InChI=1S/C21H21FN4/c1-14-11-24-25-21(15(14)2)26-8-7-20-18(13-26)10-16(12-23-20)9-17-5-3-4-6-19(17)22/h3-6,10-12H,7-9,13H2,1-2H3. The molecule has 0 saturated heterocycles. The SMILES string of the molecule is Cc1cnnc(N2CCc3ncc(Cc4ccccc4F)cc3C2)c1C. The van der Waals surface area contributed by atoms with E-state index in [1.165, 1.54) is 17.2 Å². The maximum Gasteiger partial charge on any atom is 0.154 e. The van der Waals surface area contributed by atoms with Crippen molar-refractivity contribution in [3.05, 3.63) is 82.1 Å². The summed E-state index contributed by atoms with van der Waals surface area (Å²) < 4.78 is 13.9. The van der Waals surface area contributed by atoms with Gasteiger partial charge in [-0.1, -0.05) is 24.3 Å². The minimum Gasteiger partial charge on any atom is -0.350 e. The van der Waals surface area contributed by atoms with E-state index in [4.69, 9.17) is 0 Å². The normalized spacial score (nSPS) is 13.6. The molecule has 1 aliphatic heterocycles. The first-order valence-corrected chi connectivity index (χ1v) is 8.85. The molecular weight excluding hydrogens is 327 g/mol. The van der Waals surface area contributed by atoms with Gasteiger partial charge in [0, 0.05) is 37.8 Å². The van der Waals surface area contributed by atoms with E-state index in [1.807, 2.05) is 18.3 Å². The lowest BCUT2D eigenvalue weighted by Gasteiger charge is -2.30. The molecule has 1 aromatic carbocycles. The summed E-state index contributed by atoms with van der Waals surface area (Å²) >= 11 is 0. The third-order valence-corrected chi connectivity index (χ3v) is 5.08. The fraction of sp³-hybridized carbons (Fsp3) is 0.286. The van der Waals surface area contributed by atoms with Crippen LogP contribution in [0.5, 0.6) is 0 Å². The lowest BCUT2D eigenvalue weighted by molar-refractivity contribution is 0.613. The largest absolute Gasteiger partial charge is 0.350 e. The molecule has 4 rings (SSSR count). The maximum absolute atomic E-state index is 13.9. The number of rotatable bonds is 3. The number of hydrogen-bond acceptors (Lipinski definition) is 4. The summed E-state index contributed by atoms with van der Waals surface area (Å²) in [4.78, 5) is 6.88. The predicted molar refractivity (Wildman–Crippen MR) is 99.7 cm³/mol. The summed E-state index contributed by atoms with van der Waals surface area (Å²) in [6.07, 6.45) is 5.10. The number of hydrogen-bond donors (Lipinski definition) is 0. The molecule has 0 radical (unpaired) electrons. The second kappa shape index (κ2) is 6.83. The van der Waals surface area contributed by atoms with E-state index < -0.39 is 0 Å². The highest BCUT2D eigenvalue weighted by Crippen LogP contribution is 2.26. The van der Waals surface area contributed by atoms with Gasteiger partial charge in [0.2, 0.25) is 0 Å². The number of benzene rings is 1. The Balaban J connectivity index is 1.60. The van der Waals surface area contributed by atoms with Gasteiger partial charge < -0.3 is 4.90 Å². The average Bonchev–Trinajstić information content (AvgIpc) is 2.65. The van der Waals surface area contributed by atoms with Gasteiger partial charge in [0.1, 0.15) is 5.82 Å². The summed E-state index contributed by atoms with van der Waals surface area (Å²) in [5, 5.41) is 8.45. The van der Waals surface area contributed by atoms with E-state index >= 15 is 0 Å². The Morgan fingerprint density at radius 2 is 2.00 bits per heavy atom. The lowest BCUT2D eigenvalue weighted by Crippen LogP contribution is -2.32. The fourth-order valence-corrected chi connectivity index (χ4v) is 3.43. The first-order chi connectivity index (χ1) is 12.6. The van der Waals surface area contributed by atoms with Crippen LogP contribution in [-0.2, 0) is 19.4 Å². The molecule has 1 aliphatic rings. The summed E-state index contributed by atoms with van der Waals surface area (Å²) in [7, 11) is 0. The van der Waals surface area contributed by atoms with Crippen LogP contribution >= 0.6 is 0 Å². The zero-order chi connectivity index (χ0) is 18.1. The number of aromatic nitrogens is 3. The van der Waals surface area contributed by atoms with Crippen molar-refractivity contribution in [1.82, 2.24) is 15.2 Å². The highest BCUT2D eigenvalue weighted by atomic mass is 19.1. The molecule has 0 aliphatic carbocycles. The third-order valence-electron chi connectivity index (χ3n) is 5.08. The second-order valence-corrected chi connectivity index (χ2v) is 6.87. The van der Waals surface area contributed by atoms with Gasteiger partial charge in [-0.25, -0.2) is 4.39 Å². The van der Waals surface area contributed by atoms with Gasteiger partial charge in [-0.05, 0) is 47.7 Å². The van der Waals surface area contributed by atoms with Crippen molar-refractivity contribution >= 4 is 5.82 Å². The monoisotopic (exact) mass is 348 g/mol. The first kappa shape index (κ1) is 16.6. The third kappa shape index (κ3) is 3.17. The molecule has 0 unspecified atom stereocenters. The van der Waals surface area contributed by atoms with Crippen LogP contribution in [0, 0.1) is 19.7 Å². The van der Waals surface area contributed by atoms with Crippen molar-refractivity contribution in [2.45, 2.75) is 33.2 Å². The fourth-order valence-electron chi connectivity index (χ4n) is 3.43. The molecule has 0 amide bonds. The Morgan fingerprint density at radius 3 is 2.85 bits per heavy atom. The van der Waals surface area contributed by atoms with Gasteiger partial charge in [0.25, 0.3) is 0 Å². The molecule has 0 spiro atoms. The van der Waals surface area contributed by atoms with Gasteiger partial charge in [-0.2, -0.15) is 5.10 Å². The average molecular weight is 348 g/mol. The van der Waals surface area contributed by atoms with Crippen LogP contribution in [0.25, 0.3) is 0 Å². The zero-order valence-electron chi connectivity index (χ0n) is 15.0. The summed E-state index contributed by atoms with van der Waals surface area (Å²) in [6.45, 7) is 5.78. The molecule has 5 heteroatoms. The van der Waals surface area contributed by atoms with Crippen LogP contribution in [0.2, 0.25) is 0 Å². The highest BCUT2D eigenvalue weighted by molar-refractivity contribution is 5.50. The van der Waals surface area contributed by atoms with Gasteiger partial charge in [0.05, 0.1) is 6.20 Å². The highest BCUT2D eigenvalue weighted by Gasteiger charge is 2.21. The molecule has 26 heavy (non-hydrogen) atoms. The smallest absolute Gasteiger partial charge is 0.154 e. The Bertz CT molecular complexity index is 954. The van der Waals surface area contributed by atoms with Crippen molar-refractivity contribution in [3.8, 4) is 0 Å². The van der Waals surface area contributed by atoms with E-state index in [0.29, 0.717) is 12.0 Å². The van der Waals surface area contributed by atoms with Crippen LogP contribution in [0.15, 0.2) is 42.7 Å². The minimum absolute atomic E-state index is 0.169. The molecular formula is C21H21FN4. The van der Waals surface area contributed by atoms with Gasteiger partial charge in [-0.15, -0.1) is 5.10 Å². The lowest BCUT2D eigenvalue weighted by atomic mass is 9.99. The summed E-state index contributed by atoms with van der Waals surface area (Å²) in [5.74, 6) is 0.771. The second-order valence-electron chi connectivity index (χ2n) is 6.87. The van der Waals surface area contributed by atoms with Crippen LogP contribution in [-0.4, -0.2) is 21.7 Å². The number of aryl methyl sites for hydroxylation is 1. The number of anilines is 1. The molecule has 4 nitrogen and oxygen atoms in total. The molecule has 0 N–H and O–H groups in total. The Kier molecular flexibility index (Phi) is 4.37. The van der Waals surface area contributed by atoms with Gasteiger partial charge in [0.15, 0.2) is 5.82 Å². The minimum atomic E-state index is -0.169. The molecule has 132 valence electrons. The van der Waals surface area contributed by atoms with E-state index in [2.05, 4.69) is 40.0 Å². The zero-order valence-corrected chi connectivity index (χ0v) is 15.0. The number of nitrogens with zero attached hydrogens (tertiary/aromatic N) is 4. The molecule has 0 fully saturated rings. The van der Waals surface area contributed by atoms with E-state index in [-0.39, 0.29) is 5.82 Å². The van der Waals surface area contributed by atoms with Crippen molar-refractivity contribution in [2.75, 3.05) is 11.4 Å². The number of fused-ring (bicyclic) bond motifs is 1. The van der Waals surface area contributed by atoms with Crippen molar-refractivity contribution in [3.63, 3.8) is 0 Å². The van der Waals surface area contributed by atoms with Gasteiger partial charge in [-0.3, -0.25) is 4.98 Å². The topological polar surface area (TPSA) is 41.9 Å². The predicted octanol–water partition coefficient (Wildman–Crippen LogP) is 3.78. The molecule has 2 aromatic heterocycles. The van der Waals surface area contributed by atoms with Crippen LogP contribution in [0.1, 0.15) is 33.5 Å². The Morgan fingerprint density at radius 1 is 1.15 bits per heavy atom. The van der Waals surface area contributed by atoms with Crippen LogP contribution in [0.4, 0.5) is 10.2 Å². The quantitative estimate of drug-likeness (QED) is 0.722. The summed E-state index contributed by atoms with van der Waals surface area (Å²) in [5.41, 5.74) is 6.35. The Labute approximate surface area is 152 Å². The maximum atomic E-state index is 13.9. The van der Waals surface area contributed by atoms with Crippen molar-refractivity contribution in [2.24, 2.45) is 0 Å². The molecule has 3 heterocycles. The van der Waals surface area contributed by atoms with E-state index in [0.717, 1.165) is 42.1 Å². The van der Waals surface area contributed by atoms with Crippen molar-refractivity contribution in [1.29, 1.82) is 0 Å².